The Hall–Kier alpha value is -1.35. The summed E-state index contributed by atoms with van der Waals surface area (Å²) < 4.78 is 0. The van der Waals surface area contributed by atoms with E-state index in [1.54, 1.807) is 0 Å². The van der Waals surface area contributed by atoms with Gasteiger partial charge in [0, 0.05) is 6.42 Å². The minimum absolute atomic E-state index is 0.00822. The van der Waals surface area contributed by atoms with Gasteiger partial charge in [-0.05, 0) is 36.8 Å². The van der Waals surface area contributed by atoms with Crippen LogP contribution in [-0.4, -0.2) is 23.7 Å². The fourth-order valence-electron chi connectivity index (χ4n) is 2.19. The molecular formula is C16H25NO2. The molecule has 1 unspecified atom stereocenters. The number of nitrogens with one attached hydrogen (secondary N) is 1. The summed E-state index contributed by atoms with van der Waals surface area (Å²) >= 11 is 0. The molecule has 0 fully saturated rings. The molecule has 1 aromatic rings. The molecule has 0 spiro atoms. The van der Waals surface area contributed by atoms with E-state index < -0.39 is 0 Å². The molecule has 1 atom stereocenters. The van der Waals surface area contributed by atoms with Crippen LogP contribution in [0.2, 0.25) is 0 Å². The molecule has 1 aromatic carbocycles. The van der Waals surface area contributed by atoms with Crippen LogP contribution in [-0.2, 0) is 11.2 Å². The van der Waals surface area contributed by atoms with Crippen molar-refractivity contribution in [3.63, 3.8) is 0 Å². The summed E-state index contributed by atoms with van der Waals surface area (Å²) in [6.07, 6.45) is 2.03. The second kappa shape index (κ2) is 7.95. The normalized spacial score (nSPS) is 12.5. The Morgan fingerprint density at radius 3 is 2.58 bits per heavy atom. The van der Waals surface area contributed by atoms with Gasteiger partial charge in [0.25, 0.3) is 0 Å². The van der Waals surface area contributed by atoms with E-state index in [0.717, 1.165) is 12.8 Å². The van der Waals surface area contributed by atoms with E-state index in [0.29, 0.717) is 12.3 Å². The Labute approximate surface area is 116 Å². The maximum absolute atomic E-state index is 11.9. The number of hydrogen-bond donors (Lipinski definition) is 2. The van der Waals surface area contributed by atoms with E-state index in [4.69, 9.17) is 0 Å². The van der Waals surface area contributed by atoms with Crippen LogP contribution in [0.4, 0.5) is 0 Å². The van der Waals surface area contributed by atoms with Crippen molar-refractivity contribution < 1.29 is 9.90 Å². The second-order valence-electron chi connectivity index (χ2n) is 5.50. The molecule has 0 aliphatic rings. The lowest BCUT2D eigenvalue weighted by molar-refractivity contribution is -0.122. The van der Waals surface area contributed by atoms with Crippen molar-refractivity contribution >= 4 is 5.91 Å². The zero-order valence-corrected chi connectivity index (χ0v) is 12.1. The number of benzene rings is 1. The molecule has 0 aromatic heterocycles. The lowest BCUT2D eigenvalue weighted by atomic mass is 10.0. The van der Waals surface area contributed by atoms with Crippen molar-refractivity contribution in [2.75, 3.05) is 6.61 Å². The Bertz CT molecular complexity index is 401. The van der Waals surface area contributed by atoms with Crippen LogP contribution >= 0.6 is 0 Å². The highest BCUT2D eigenvalue weighted by Gasteiger charge is 2.13. The van der Waals surface area contributed by atoms with Gasteiger partial charge in [-0.1, -0.05) is 38.1 Å². The van der Waals surface area contributed by atoms with E-state index >= 15 is 0 Å². The molecule has 0 saturated carbocycles. The summed E-state index contributed by atoms with van der Waals surface area (Å²) in [4.78, 5) is 11.9. The monoisotopic (exact) mass is 263 g/mol. The molecular weight excluding hydrogens is 238 g/mol. The molecule has 106 valence electrons. The third-order valence-corrected chi connectivity index (χ3v) is 3.22. The Morgan fingerprint density at radius 2 is 2.00 bits per heavy atom. The molecule has 0 radical (unpaired) electrons. The van der Waals surface area contributed by atoms with E-state index in [-0.39, 0.29) is 18.6 Å². The molecule has 0 aliphatic carbocycles. The van der Waals surface area contributed by atoms with Crippen LogP contribution in [0.1, 0.15) is 37.8 Å². The third-order valence-electron chi connectivity index (χ3n) is 3.22. The van der Waals surface area contributed by atoms with Crippen LogP contribution in [0.5, 0.6) is 0 Å². The Kier molecular flexibility index (Phi) is 6.57. The minimum atomic E-state index is -0.121. The zero-order valence-electron chi connectivity index (χ0n) is 12.1. The summed E-state index contributed by atoms with van der Waals surface area (Å²) in [5.41, 5.74) is 2.43. The van der Waals surface area contributed by atoms with Crippen LogP contribution in [0, 0.1) is 12.8 Å². The molecule has 3 nitrogen and oxygen atoms in total. The first-order valence-electron chi connectivity index (χ1n) is 6.97. The number of aliphatic hydroxyl groups is 1. The Balaban J connectivity index is 2.41. The summed E-state index contributed by atoms with van der Waals surface area (Å²) in [7, 11) is 0. The average Bonchev–Trinajstić information content (AvgIpc) is 2.36. The van der Waals surface area contributed by atoms with Crippen molar-refractivity contribution in [2.24, 2.45) is 5.92 Å². The minimum Gasteiger partial charge on any atom is -0.394 e. The van der Waals surface area contributed by atoms with Gasteiger partial charge in [0.2, 0.25) is 5.91 Å². The van der Waals surface area contributed by atoms with Crippen LogP contribution in [0.25, 0.3) is 0 Å². The molecule has 0 aliphatic heterocycles. The van der Waals surface area contributed by atoms with Crippen molar-refractivity contribution in [1.82, 2.24) is 5.32 Å². The molecule has 0 heterocycles. The molecule has 1 amide bonds. The molecule has 0 saturated heterocycles. The lowest BCUT2D eigenvalue weighted by Gasteiger charge is -2.18. The smallest absolute Gasteiger partial charge is 0.220 e. The Morgan fingerprint density at radius 1 is 1.32 bits per heavy atom. The summed E-state index contributed by atoms with van der Waals surface area (Å²) in [5, 5.41) is 12.1. The fourth-order valence-corrected chi connectivity index (χ4v) is 2.19. The van der Waals surface area contributed by atoms with Crippen LogP contribution in [0.15, 0.2) is 24.3 Å². The van der Waals surface area contributed by atoms with Crippen molar-refractivity contribution in [2.45, 2.75) is 46.1 Å². The van der Waals surface area contributed by atoms with Gasteiger partial charge in [0.15, 0.2) is 0 Å². The van der Waals surface area contributed by atoms with E-state index in [9.17, 15) is 9.90 Å². The number of rotatable bonds is 7. The van der Waals surface area contributed by atoms with E-state index in [1.807, 2.05) is 12.1 Å². The highest BCUT2D eigenvalue weighted by atomic mass is 16.3. The number of amides is 1. The van der Waals surface area contributed by atoms with Gasteiger partial charge < -0.3 is 10.4 Å². The summed E-state index contributed by atoms with van der Waals surface area (Å²) in [5.74, 6) is 0.483. The number of carbonyl (C=O) groups is 1. The van der Waals surface area contributed by atoms with Gasteiger partial charge >= 0.3 is 0 Å². The van der Waals surface area contributed by atoms with Gasteiger partial charge in [-0.2, -0.15) is 0 Å². The molecule has 19 heavy (non-hydrogen) atoms. The zero-order chi connectivity index (χ0) is 14.3. The quantitative estimate of drug-likeness (QED) is 0.794. The van der Waals surface area contributed by atoms with Gasteiger partial charge in [-0.25, -0.2) is 0 Å². The summed E-state index contributed by atoms with van der Waals surface area (Å²) in [6.45, 7) is 6.24. The molecule has 2 N–H and O–H groups in total. The van der Waals surface area contributed by atoms with Gasteiger partial charge in [0.05, 0.1) is 12.6 Å². The van der Waals surface area contributed by atoms with Crippen molar-refractivity contribution in [3.05, 3.63) is 35.4 Å². The molecule has 1 rings (SSSR count). The van der Waals surface area contributed by atoms with E-state index in [2.05, 4.69) is 38.2 Å². The maximum atomic E-state index is 11.9. The van der Waals surface area contributed by atoms with Gasteiger partial charge in [-0.15, -0.1) is 0 Å². The topological polar surface area (TPSA) is 49.3 Å². The second-order valence-corrected chi connectivity index (χ2v) is 5.50. The highest BCUT2D eigenvalue weighted by molar-refractivity contribution is 5.76. The lowest BCUT2D eigenvalue weighted by Crippen LogP contribution is -2.38. The maximum Gasteiger partial charge on any atom is 0.220 e. The first kappa shape index (κ1) is 15.7. The fraction of sp³-hybridized carbons (Fsp3) is 0.562. The first-order chi connectivity index (χ1) is 9.02. The summed E-state index contributed by atoms with van der Waals surface area (Å²) in [6, 6.07) is 7.99. The number of hydrogen-bond acceptors (Lipinski definition) is 2. The average molecular weight is 263 g/mol. The third kappa shape index (κ3) is 5.88. The molecule has 3 heteroatoms. The predicted octanol–water partition coefficient (Wildman–Crippen LogP) is 2.45. The highest BCUT2D eigenvalue weighted by Crippen LogP contribution is 2.10. The number of aliphatic hydroxyl groups excluding tert-OH is 1. The molecule has 0 bridgehead atoms. The van der Waals surface area contributed by atoms with Crippen molar-refractivity contribution in [1.29, 1.82) is 0 Å². The van der Waals surface area contributed by atoms with Gasteiger partial charge in [-0.3, -0.25) is 4.79 Å². The van der Waals surface area contributed by atoms with Crippen LogP contribution in [0.3, 0.4) is 0 Å². The van der Waals surface area contributed by atoms with Crippen molar-refractivity contribution in [3.8, 4) is 0 Å². The van der Waals surface area contributed by atoms with Crippen LogP contribution < -0.4 is 5.32 Å². The first-order valence-corrected chi connectivity index (χ1v) is 6.97. The number of carbonyl (C=O) groups excluding carboxylic acids is 1. The number of aryl methyl sites for hydroxylation is 2. The predicted molar refractivity (Wildman–Crippen MR) is 78.0 cm³/mol. The standard InChI is InChI=1S/C16H25NO2/c1-12(2)10-15(11-18)17-16(19)9-8-14-7-5-4-6-13(14)3/h4-7,12,15,18H,8-11H2,1-3H3,(H,17,19). The largest absolute Gasteiger partial charge is 0.394 e. The van der Waals surface area contributed by atoms with Gasteiger partial charge in [0.1, 0.15) is 0 Å². The SMILES string of the molecule is Cc1ccccc1CCC(=O)NC(CO)CC(C)C. The van der Waals surface area contributed by atoms with E-state index in [1.165, 1.54) is 11.1 Å².